The maximum absolute atomic E-state index is 3.62. The van der Waals surface area contributed by atoms with Gasteiger partial charge in [-0.3, -0.25) is 0 Å². The van der Waals surface area contributed by atoms with Gasteiger partial charge in [-0.2, -0.15) is 0 Å². The molecule has 1 rings (SSSR count). The number of nitrogens with one attached hydrogen (secondary N) is 1. The van der Waals surface area contributed by atoms with Crippen LogP contribution in [0.25, 0.3) is 0 Å². The number of benzene rings is 1. The smallest absolute Gasteiger partial charge is 0.0366 e. The number of nitrogens with zero attached hydrogens (tertiary/aromatic N) is 1. The molecule has 0 radical (unpaired) electrons. The van der Waals surface area contributed by atoms with E-state index in [0.717, 1.165) is 26.2 Å². The Labute approximate surface area is 131 Å². The summed E-state index contributed by atoms with van der Waals surface area (Å²) in [5.74, 6) is 0. The van der Waals surface area contributed by atoms with Gasteiger partial charge in [0.1, 0.15) is 0 Å². The molecule has 1 aromatic rings. The van der Waals surface area contributed by atoms with Gasteiger partial charge in [-0.05, 0) is 50.8 Å². The first-order valence-electron chi connectivity index (χ1n) is 8.57. The van der Waals surface area contributed by atoms with Crippen LogP contribution in [0.5, 0.6) is 0 Å². The number of aryl methyl sites for hydroxylation is 1. The SMILES string of the molecule is CCCNCC(C)(CCC)CN(CC)c1ccc(C)cc1. The van der Waals surface area contributed by atoms with E-state index >= 15 is 0 Å². The van der Waals surface area contributed by atoms with Gasteiger partial charge in [-0.15, -0.1) is 0 Å². The Bertz CT molecular complexity index is 385. The minimum atomic E-state index is 0.338. The van der Waals surface area contributed by atoms with Gasteiger partial charge >= 0.3 is 0 Å². The van der Waals surface area contributed by atoms with Gasteiger partial charge in [0.05, 0.1) is 0 Å². The highest BCUT2D eigenvalue weighted by molar-refractivity contribution is 5.47. The fourth-order valence-corrected chi connectivity index (χ4v) is 3.00. The van der Waals surface area contributed by atoms with Crippen molar-refractivity contribution in [2.75, 3.05) is 31.1 Å². The first-order chi connectivity index (χ1) is 10.0. The van der Waals surface area contributed by atoms with Crippen LogP contribution in [0, 0.1) is 12.3 Å². The largest absolute Gasteiger partial charge is 0.371 e. The molecule has 21 heavy (non-hydrogen) atoms. The lowest BCUT2D eigenvalue weighted by molar-refractivity contribution is 0.281. The number of rotatable bonds is 10. The molecule has 2 nitrogen and oxygen atoms in total. The van der Waals surface area contributed by atoms with Crippen LogP contribution in [-0.2, 0) is 0 Å². The molecule has 0 fully saturated rings. The minimum absolute atomic E-state index is 0.338. The molecule has 0 saturated heterocycles. The molecule has 0 bridgehead atoms. The van der Waals surface area contributed by atoms with Crippen molar-refractivity contribution in [3.05, 3.63) is 29.8 Å². The zero-order chi connectivity index (χ0) is 15.7. The summed E-state index contributed by atoms with van der Waals surface area (Å²) in [7, 11) is 0. The third kappa shape index (κ3) is 6.09. The average Bonchev–Trinajstić information content (AvgIpc) is 2.46. The Hall–Kier alpha value is -1.02. The van der Waals surface area contributed by atoms with Crippen LogP contribution >= 0.6 is 0 Å². The van der Waals surface area contributed by atoms with Gasteiger partial charge in [0.15, 0.2) is 0 Å². The van der Waals surface area contributed by atoms with Crippen molar-refractivity contribution in [2.45, 2.75) is 53.9 Å². The topological polar surface area (TPSA) is 15.3 Å². The van der Waals surface area contributed by atoms with Crippen molar-refractivity contribution >= 4 is 5.69 Å². The zero-order valence-corrected chi connectivity index (χ0v) is 14.7. The highest BCUT2D eigenvalue weighted by atomic mass is 15.1. The lowest BCUT2D eigenvalue weighted by Crippen LogP contribution is -2.42. The predicted octanol–water partition coefficient (Wildman–Crippen LogP) is 4.63. The number of anilines is 1. The highest BCUT2D eigenvalue weighted by Crippen LogP contribution is 2.27. The summed E-state index contributed by atoms with van der Waals surface area (Å²) in [6.45, 7) is 15.8. The van der Waals surface area contributed by atoms with E-state index in [0.29, 0.717) is 5.41 Å². The van der Waals surface area contributed by atoms with Crippen molar-refractivity contribution in [3.63, 3.8) is 0 Å². The van der Waals surface area contributed by atoms with Gasteiger partial charge < -0.3 is 10.2 Å². The van der Waals surface area contributed by atoms with E-state index in [2.05, 4.69) is 69.1 Å². The molecule has 0 spiro atoms. The molecular weight excluding hydrogens is 256 g/mol. The maximum atomic E-state index is 3.62. The van der Waals surface area contributed by atoms with Crippen molar-refractivity contribution in [1.29, 1.82) is 0 Å². The molecule has 0 amide bonds. The Morgan fingerprint density at radius 2 is 1.71 bits per heavy atom. The molecular formula is C19H34N2. The minimum Gasteiger partial charge on any atom is -0.371 e. The second kappa shape index (κ2) is 9.09. The normalized spacial score (nSPS) is 14.0. The van der Waals surface area contributed by atoms with Gasteiger partial charge in [-0.25, -0.2) is 0 Å². The standard InChI is InChI=1S/C19H34N2/c1-6-13-19(5,15-20-14-7-2)16-21(8-3)18-11-9-17(4)10-12-18/h9-12,20H,6-8,13-16H2,1-5H3. The van der Waals surface area contributed by atoms with Crippen molar-refractivity contribution in [3.8, 4) is 0 Å². The van der Waals surface area contributed by atoms with Gasteiger partial charge in [0.25, 0.3) is 0 Å². The third-order valence-corrected chi connectivity index (χ3v) is 4.19. The maximum Gasteiger partial charge on any atom is 0.0366 e. The molecule has 0 aliphatic carbocycles. The van der Waals surface area contributed by atoms with Crippen LogP contribution in [-0.4, -0.2) is 26.2 Å². The van der Waals surface area contributed by atoms with E-state index in [1.165, 1.54) is 30.5 Å². The van der Waals surface area contributed by atoms with Crippen LogP contribution in [0.2, 0.25) is 0 Å². The van der Waals surface area contributed by atoms with Crippen LogP contribution in [0.4, 0.5) is 5.69 Å². The zero-order valence-electron chi connectivity index (χ0n) is 14.7. The van der Waals surface area contributed by atoms with Gasteiger partial charge in [0, 0.05) is 25.3 Å². The Morgan fingerprint density at radius 3 is 2.24 bits per heavy atom. The number of hydrogen-bond donors (Lipinski definition) is 1. The van der Waals surface area contributed by atoms with E-state index in [-0.39, 0.29) is 0 Å². The molecule has 0 aliphatic heterocycles. The molecule has 0 aromatic heterocycles. The van der Waals surface area contributed by atoms with Crippen molar-refractivity contribution < 1.29 is 0 Å². The van der Waals surface area contributed by atoms with E-state index in [1.54, 1.807) is 0 Å². The van der Waals surface area contributed by atoms with Gasteiger partial charge in [-0.1, -0.05) is 44.9 Å². The summed E-state index contributed by atoms with van der Waals surface area (Å²) in [5, 5.41) is 3.62. The monoisotopic (exact) mass is 290 g/mol. The molecule has 120 valence electrons. The summed E-state index contributed by atoms with van der Waals surface area (Å²) in [6.07, 6.45) is 3.72. The third-order valence-electron chi connectivity index (χ3n) is 4.19. The first kappa shape index (κ1) is 18.0. The van der Waals surface area contributed by atoms with Crippen LogP contribution < -0.4 is 10.2 Å². The lowest BCUT2D eigenvalue weighted by atomic mass is 9.84. The molecule has 1 atom stereocenters. The summed E-state index contributed by atoms with van der Waals surface area (Å²) < 4.78 is 0. The quantitative estimate of drug-likeness (QED) is 0.632. The Morgan fingerprint density at radius 1 is 1.05 bits per heavy atom. The summed E-state index contributed by atoms with van der Waals surface area (Å²) in [5.41, 5.74) is 3.02. The molecule has 0 aliphatic rings. The Kier molecular flexibility index (Phi) is 7.81. The summed E-state index contributed by atoms with van der Waals surface area (Å²) in [4.78, 5) is 2.52. The lowest BCUT2D eigenvalue weighted by Gasteiger charge is -2.36. The van der Waals surface area contributed by atoms with Gasteiger partial charge in [0.2, 0.25) is 0 Å². The first-order valence-corrected chi connectivity index (χ1v) is 8.57. The van der Waals surface area contributed by atoms with E-state index in [9.17, 15) is 0 Å². The van der Waals surface area contributed by atoms with Crippen LogP contribution in [0.15, 0.2) is 24.3 Å². The predicted molar refractivity (Wildman–Crippen MR) is 95.2 cm³/mol. The molecule has 2 heteroatoms. The molecule has 0 heterocycles. The van der Waals surface area contributed by atoms with E-state index in [4.69, 9.17) is 0 Å². The molecule has 1 N–H and O–H groups in total. The average molecular weight is 290 g/mol. The molecule has 1 aromatic carbocycles. The van der Waals surface area contributed by atoms with Crippen LogP contribution in [0.3, 0.4) is 0 Å². The Balaban J connectivity index is 2.75. The van der Waals surface area contributed by atoms with Crippen molar-refractivity contribution in [1.82, 2.24) is 5.32 Å². The van der Waals surface area contributed by atoms with Crippen molar-refractivity contribution in [2.24, 2.45) is 5.41 Å². The molecule has 0 saturated carbocycles. The van der Waals surface area contributed by atoms with E-state index in [1.807, 2.05) is 0 Å². The summed E-state index contributed by atoms with van der Waals surface area (Å²) in [6, 6.07) is 8.93. The van der Waals surface area contributed by atoms with Crippen LogP contribution in [0.1, 0.15) is 52.5 Å². The number of hydrogen-bond acceptors (Lipinski definition) is 2. The fourth-order valence-electron chi connectivity index (χ4n) is 3.00. The summed E-state index contributed by atoms with van der Waals surface area (Å²) >= 11 is 0. The second-order valence-corrected chi connectivity index (χ2v) is 6.59. The molecule has 1 unspecified atom stereocenters. The van der Waals surface area contributed by atoms with E-state index < -0.39 is 0 Å². The fraction of sp³-hybridized carbons (Fsp3) is 0.684. The highest BCUT2D eigenvalue weighted by Gasteiger charge is 2.25. The second-order valence-electron chi connectivity index (χ2n) is 6.59.